The quantitative estimate of drug-likeness (QED) is 0.0588. The SMILES string of the molecule is C[C@H](NC(=O)OC(C)(C)C)C(=O)N[C@@H](C)C(=O)OCCOc1ccc(-c2c(N)c(SCc3csc(-c4ccc(Cl)cc4)n3)nc(N3CCCC3)c2N)cc1. The number of nitrogens with two attached hydrogens (primary N) is 2. The van der Waals surface area contributed by atoms with Crippen molar-refractivity contribution >= 4 is 69.9 Å². The zero-order valence-electron chi connectivity index (χ0n) is 30.9. The van der Waals surface area contributed by atoms with E-state index in [0.717, 1.165) is 53.6 Å². The number of esters is 1. The number of hydrogen-bond donors (Lipinski definition) is 4. The summed E-state index contributed by atoms with van der Waals surface area (Å²) in [6.45, 7) is 9.90. The molecule has 6 N–H and O–H groups in total. The maximum absolute atomic E-state index is 12.5. The summed E-state index contributed by atoms with van der Waals surface area (Å²) < 4.78 is 16.3. The maximum atomic E-state index is 12.5. The van der Waals surface area contributed by atoms with Gasteiger partial charge in [-0.2, -0.15) is 0 Å². The highest BCUT2D eigenvalue weighted by molar-refractivity contribution is 7.98. The second kappa shape index (κ2) is 18.1. The van der Waals surface area contributed by atoms with E-state index in [9.17, 15) is 14.4 Å². The van der Waals surface area contributed by atoms with Crippen LogP contribution in [0.5, 0.6) is 5.75 Å². The summed E-state index contributed by atoms with van der Waals surface area (Å²) in [6.07, 6.45) is 1.40. The van der Waals surface area contributed by atoms with Crippen LogP contribution >= 0.6 is 34.7 Å². The Hall–Kier alpha value is -4.73. The Morgan fingerprint density at radius 2 is 1.59 bits per heavy atom. The summed E-state index contributed by atoms with van der Waals surface area (Å²) >= 11 is 9.16. The second-order valence-corrected chi connectivity index (χ2v) is 16.0. The van der Waals surface area contributed by atoms with Crippen molar-refractivity contribution in [1.82, 2.24) is 20.6 Å². The normalized spacial score (nSPS) is 13.9. The first kappa shape index (κ1) is 40.5. The third-order valence-electron chi connectivity index (χ3n) is 8.20. The summed E-state index contributed by atoms with van der Waals surface area (Å²) in [5, 5.41) is 9.29. The standard InChI is InChI=1S/C38H46ClN7O6S2/c1-22(43-37(49)52-38(3,4)5)33(47)42-23(2)36(48)51-19-18-50-28-14-10-24(11-15-28)29-30(40)32(46-16-6-7-17-46)45-35(31(29)41)54-21-27-20-53-34(44-27)25-8-12-26(39)13-9-25/h8-15,20,22-23H,6-7,16-19,21,40-41H2,1-5H3,(H,42,47)(H,43,49)/t22-,23-/m0/s1. The first-order valence-corrected chi connectivity index (χ1v) is 19.8. The molecule has 4 aromatic rings. The van der Waals surface area contributed by atoms with E-state index in [1.54, 1.807) is 44.2 Å². The average molecular weight is 796 g/mol. The minimum atomic E-state index is -0.946. The maximum Gasteiger partial charge on any atom is 0.408 e. The highest BCUT2D eigenvalue weighted by Gasteiger charge is 2.26. The van der Waals surface area contributed by atoms with Crippen LogP contribution < -0.4 is 31.7 Å². The van der Waals surface area contributed by atoms with Crippen LogP contribution in [0.3, 0.4) is 0 Å². The van der Waals surface area contributed by atoms with Crippen molar-refractivity contribution < 1.29 is 28.6 Å². The minimum absolute atomic E-state index is 0.0449. The molecule has 5 rings (SSSR count). The van der Waals surface area contributed by atoms with Gasteiger partial charge in [-0.25, -0.2) is 19.6 Å². The van der Waals surface area contributed by atoms with Crippen molar-refractivity contribution in [2.24, 2.45) is 0 Å². The Morgan fingerprint density at radius 3 is 2.26 bits per heavy atom. The lowest BCUT2D eigenvalue weighted by Crippen LogP contribution is -2.50. The predicted octanol–water partition coefficient (Wildman–Crippen LogP) is 6.92. The Balaban J connectivity index is 1.18. The van der Waals surface area contributed by atoms with Crippen LogP contribution in [0.15, 0.2) is 58.9 Å². The Bertz CT molecular complexity index is 1930. The molecule has 1 saturated heterocycles. The van der Waals surface area contributed by atoms with E-state index in [-0.39, 0.29) is 13.2 Å². The molecule has 0 saturated carbocycles. The van der Waals surface area contributed by atoms with Gasteiger partial charge < -0.3 is 41.2 Å². The van der Waals surface area contributed by atoms with Crippen molar-refractivity contribution in [3.63, 3.8) is 0 Å². The van der Waals surface area contributed by atoms with Crippen LogP contribution in [0.25, 0.3) is 21.7 Å². The number of nitrogens with one attached hydrogen (secondary N) is 2. The fraction of sp³-hybridized carbons (Fsp3) is 0.395. The van der Waals surface area contributed by atoms with E-state index in [2.05, 4.69) is 15.5 Å². The molecular formula is C38H46ClN7O6S2. The van der Waals surface area contributed by atoms with Crippen molar-refractivity contribution in [1.29, 1.82) is 0 Å². The van der Waals surface area contributed by atoms with Gasteiger partial charge in [-0.05, 0) is 77.3 Å². The third-order valence-corrected chi connectivity index (χ3v) is 10.4. The Kier molecular flexibility index (Phi) is 13.5. The Morgan fingerprint density at radius 1 is 0.926 bits per heavy atom. The monoisotopic (exact) mass is 795 g/mol. The van der Waals surface area contributed by atoms with Crippen LogP contribution in [0.4, 0.5) is 22.0 Å². The molecule has 0 spiro atoms. The van der Waals surface area contributed by atoms with Gasteiger partial charge in [-0.1, -0.05) is 47.6 Å². The molecule has 2 aromatic carbocycles. The summed E-state index contributed by atoms with van der Waals surface area (Å²) in [5.41, 5.74) is 17.3. The van der Waals surface area contributed by atoms with Gasteiger partial charge in [-0.3, -0.25) is 4.79 Å². The topological polar surface area (TPSA) is 184 Å². The van der Waals surface area contributed by atoms with E-state index in [1.807, 2.05) is 41.8 Å². The van der Waals surface area contributed by atoms with E-state index < -0.39 is 35.7 Å². The van der Waals surface area contributed by atoms with Gasteiger partial charge in [0, 0.05) is 40.4 Å². The number of aromatic nitrogens is 2. The molecule has 1 aliphatic heterocycles. The molecule has 2 atom stereocenters. The number of rotatable bonds is 14. The fourth-order valence-corrected chi connectivity index (χ4v) is 7.40. The van der Waals surface area contributed by atoms with Crippen molar-refractivity contribution in [3.8, 4) is 27.4 Å². The van der Waals surface area contributed by atoms with Crippen molar-refractivity contribution in [2.75, 3.05) is 42.7 Å². The zero-order chi connectivity index (χ0) is 39.0. The van der Waals surface area contributed by atoms with Gasteiger partial charge in [0.2, 0.25) is 5.91 Å². The molecule has 0 radical (unpaired) electrons. The summed E-state index contributed by atoms with van der Waals surface area (Å²) in [4.78, 5) is 48.9. The number of hydrogen-bond acceptors (Lipinski definition) is 13. The lowest BCUT2D eigenvalue weighted by molar-refractivity contribution is -0.148. The number of carbonyl (C=O) groups is 3. The van der Waals surface area contributed by atoms with Crippen LogP contribution in [-0.4, -0.2) is 71.9 Å². The molecule has 0 bridgehead atoms. The van der Waals surface area contributed by atoms with Crippen LogP contribution in [0.1, 0.15) is 53.2 Å². The molecule has 54 heavy (non-hydrogen) atoms. The van der Waals surface area contributed by atoms with Crippen LogP contribution in [0, 0.1) is 0 Å². The van der Waals surface area contributed by atoms with Crippen molar-refractivity contribution in [3.05, 3.63) is 64.6 Å². The highest BCUT2D eigenvalue weighted by Crippen LogP contribution is 2.44. The number of alkyl carbamates (subject to hydrolysis) is 1. The van der Waals surface area contributed by atoms with Crippen LogP contribution in [-0.2, 0) is 24.8 Å². The largest absolute Gasteiger partial charge is 0.490 e. The number of anilines is 3. The number of thioether (sulfide) groups is 1. The first-order valence-electron chi connectivity index (χ1n) is 17.6. The molecule has 3 heterocycles. The van der Waals surface area contributed by atoms with Gasteiger partial charge in [0.05, 0.1) is 17.1 Å². The molecule has 288 valence electrons. The number of nitrogens with zero attached hydrogens (tertiary/aromatic N) is 3. The summed E-state index contributed by atoms with van der Waals surface area (Å²) in [5.74, 6) is 0.657. The zero-order valence-corrected chi connectivity index (χ0v) is 33.3. The van der Waals surface area contributed by atoms with Gasteiger partial charge in [-0.15, -0.1) is 11.3 Å². The van der Waals surface area contributed by atoms with Crippen molar-refractivity contribution in [2.45, 2.75) is 75.9 Å². The Labute approximate surface area is 328 Å². The number of benzene rings is 2. The first-order chi connectivity index (χ1) is 25.7. The second-order valence-electron chi connectivity index (χ2n) is 13.7. The molecule has 2 amide bonds. The summed E-state index contributed by atoms with van der Waals surface area (Å²) in [6, 6.07) is 13.1. The number of carbonyl (C=O) groups excluding carboxylic acids is 3. The number of nitrogen functional groups attached to an aromatic ring is 2. The molecule has 0 unspecified atom stereocenters. The average Bonchev–Trinajstić information content (AvgIpc) is 3.83. The lowest BCUT2D eigenvalue weighted by atomic mass is 10.0. The fourth-order valence-electron chi connectivity index (χ4n) is 5.50. The summed E-state index contributed by atoms with van der Waals surface area (Å²) in [7, 11) is 0. The minimum Gasteiger partial charge on any atom is -0.490 e. The third kappa shape index (κ3) is 10.9. The number of thiazole rings is 1. The lowest BCUT2D eigenvalue weighted by Gasteiger charge is -2.23. The van der Waals surface area contributed by atoms with Gasteiger partial charge in [0.15, 0.2) is 5.82 Å². The number of pyridine rings is 1. The molecule has 1 aliphatic rings. The van der Waals surface area contributed by atoms with Gasteiger partial charge >= 0.3 is 12.1 Å². The van der Waals surface area contributed by atoms with E-state index in [1.165, 1.54) is 25.6 Å². The molecule has 0 aliphatic carbocycles. The smallest absolute Gasteiger partial charge is 0.408 e. The van der Waals surface area contributed by atoms with Gasteiger partial charge in [0.25, 0.3) is 0 Å². The van der Waals surface area contributed by atoms with E-state index in [0.29, 0.717) is 38.5 Å². The van der Waals surface area contributed by atoms with Crippen LogP contribution in [0.2, 0.25) is 5.02 Å². The molecular weight excluding hydrogens is 750 g/mol. The van der Waals surface area contributed by atoms with E-state index in [4.69, 9.17) is 47.2 Å². The molecule has 13 nitrogen and oxygen atoms in total. The number of ether oxygens (including phenoxy) is 3. The molecule has 1 fully saturated rings. The number of halogens is 1. The number of amides is 2. The predicted molar refractivity (Wildman–Crippen MR) is 215 cm³/mol. The van der Waals surface area contributed by atoms with E-state index >= 15 is 0 Å². The molecule has 16 heteroatoms. The van der Waals surface area contributed by atoms with Gasteiger partial charge in [0.1, 0.15) is 46.7 Å². The molecule has 2 aromatic heterocycles. The highest BCUT2D eigenvalue weighted by atomic mass is 35.5.